The number of pyridine rings is 1. The van der Waals surface area contributed by atoms with Gasteiger partial charge in [0.1, 0.15) is 11.9 Å². The molecule has 2 aromatic rings. The first kappa shape index (κ1) is 13.2. The van der Waals surface area contributed by atoms with Gasteiger partial charge < -0.3 is 5.32 Å². The molecule has 0 saturated heterocycles. The molecule has 1 N–H and O–H groups in total. The van der Waals surface area contributed by atoms with Crippen LogP contribution >= 0.6 is 15.9 Å². The van der Waals surface area contributed by atoms with E-state index in [0.717, 1.165) is 10.0 Å². The molecule has 0 fully saturated rings. The number of aryl methyl sites for hydroxylation is 1. The summed E-state index contributed by atoms with van der Waals surface area (Å²) in [5, 5.41) is 11.4. The topological polar surface area (TPSA) is 65.8 Å². The van der Waals surface area contributed by atoms with Crippen molar-refractivity contribution < 1.29 is 4.79 Å². The Kier molecular flexibility index (Phi) is 3.93. The number of nitriles is 1. The van der Waals surface area contributed by atoms with Gasteiger partial charge in [0.05, 0.1) is 5.56 Å². The van der Waals surface area contributed by atoms with E-state index in [9.17, 15) is 4.79 Å². The molecule has 0 saturated carbocycles. The first-order valence-electron chi connectivity index (χ1n) is 5.53. The highest BCUT2D eigenvalue weighted by Gasteiger charge is 2.08. The highest BCUT2D eigenvalue weighted by atomic mass is 79.9. The number of halogens is 1. The van der Waals surface area contributed by atoms with E-state index < -0.39 is 0 Å². The lowest BCUT2D eigenvalue weighted by Gasteiger charge is -2.06. The fourth-order valence-corrected chi connectivity index (χ4v) is 2.20. The first-order chi connectivity index (χ1) is 9.08. The number of nitrogens with one attached hydrogen (secondary N) is 1. The molecule has 0 radical (unpaired) electrons. The summed E-state index contributed by atoms with van der Waals surface area (Å²) in [5.74, 6) is 0.184. The van der Waals surface area contributed by atoms with E-state index in [1.807, 2.05) is 19.1 Å². The number of hydrogen-bond acceptors (Lipinski definition) is 3. The molecule has 0 aliphatic heterocycles. The third-order valence-corrected chi connectivity index (χ3v) is 2.90. The van der Waals surface area contributed by atoms with E-state index in [2.05, 4.69) is 26.2 Å². The smallest absolute Gasteiger partial charge is 0.256 e. The van der Waals surface area contributed by atoms with Crippen LogP contribution in [0.2, 0.25) is 0 Å². The summed E-state index contributed by atoms with van der Waals surface area (Å²) in [7, 11) is 0. The zero-order chi connectivity index (χ0) is 13.8. The molecule has 2 rings (SSSR count). The molecule has 0 aliphatic rings. The Labute approximate surface area is 119 Å². The number of carbonyl (C=O) groups is 1. The molecule has 4 nitrogen and oxygen atoms in total. The van der Waals surface area contributed by atoms with Crippen molar-refractivity contribution in [1.82, 2.24) is 4.98 Å². The van der Waals surface area contributed by atoms with Crippen molar-refractivity contribution in [3.05, 3.63) is 57.7 Å². The van der Waals surface area contributed by atoms with Gasteiger partial charge in [-0.3, -0.25) is 4.79 Å². The van der Waals surface area contributed by atoms with Gasteiger partial charge in [-0.25, -0.2) is 4.98 Å². The molecule has 1 amide bonds. The van der Waals surface area contributed by atoms with Crippen molar-refractivity contribution in [1.29, 1.82) is 5.26 Å². The van der Waals surface area contributed by atoms with Crippen molar-refractivity contribution in [2.45, 2.75) is 6.92 Å². The third-order valence-electron chi connectivity index (χ3n) is 2.44. The molecule has 0 aliphatic carbocycles. The van der Waals surface area contributed by atoms with Crippen LogP contribution in [0, 0.1) is 18.3 Å². The molecule has 94 valence electrons. The van der Waals surface area contributed by atoms with Crippen LogP contribution in [0.25, 0.3) is 0 Å². The number of aromatic nitrogens is 1. The van der Waals surface area contributed by atoms with Gasteiger partial charge in [0.2, 0.25) is 0 Å². The van der Waals surface area contributed by atoms with E-state index in [4.69, 9.17) is 5.26 Å². The van der Waals surface area contributed by atoms with E-state index in [1.54, 1.807) is 24.3 Å². The van der Waals surface area contributed by atoms with Crippen LogP contribution in [0.1, 0.15) is 21.5 Å². The van der Waals surface area contributed by atoms with Gasteiger partial charge in [0.25, 0.3) is 5.91 Å². The average Bonchev–Trinajstić information content (AvgIpc) is 2.38. The van der Waals surface area contributed by atoms with Crippen LogP contribution in [0.3, 0.4) is 0 Å². The quantitative estimate of drug-likeness (QED) is 0.924. The summed E-state index contributed by atoms with van der Waals surface area (Å²) in [5.41, 5.74) is 2.00. The summed E-state index contributed by atoms with van der Waals surface area (Å²) in [6.07, 6.45) is 1.42. The predicted molar refractivity (Wildman–Crippen MR) is 75.8 cm³/mol. The Morgan fingerprint density at radius 2 is 2.16 bits per heavy atom. The van der Waals surface area contributed by atoms with Gasteiger partial charge in [0, 0.05) is 16.2 Å². The lowest BCUT2D eigenvalue weighted by Crippen LogP contribution is -2.13. The molecule has 0 spiro atoms. The zero-order valence-electron chi connectivity index (χ0n) is 10.1. The summed E-state index contributed by atoms with van der Waals surface area (Å²) in [6.45, 7) is 1.92. The minimum atomic E-state index is -0.235. The molecule has 1 aromatic carbocycles. The van der Waals surface area contributed by atoms with Crippen LogP contribution < -0.4 is 5.32 Å². The molecule has 1 aromatic heterocycles. The highest BCUT2D eigenvalue weighted by Crippen LogP contribution is 2.16. The Balaban J connectivity index is 2.18. The Morgan fingerprint density at radius 3 is 2.74 bits per heavy atom. The van der Waals surface area contributed by atoms with E-state index in [1.165, 1.54) is 6.20 Å². The minimum Gasteiger partial charge on any atom is -0.307 e. The van der Waals surface area contributed by atoms with Gasteiger partial charge in [-0.05, 0) is 42.8 Å². The van der Waals surface area contributed by atoms with Gasteiger partial charge >= 0.3 is 0 Å². The van der Waals surface area contributed by atoms with Gasteiger partial charge in [-0.1, -0.05) is 15.9 Å². The average molecular weight is 316 g/mol. The minimum absolute atomic E-state index is 0.235. The Morgan fingerprint density at radius 1 is 1.37 bits per heavy atom. The Hall–Kier alpha value is -2.19. The third kappa shape index (κ3) is 3.39. The number of anilines is 1. The summed E-state index contributed by atoms with van der Waals surface area (Å²) in [4.78, 5) is 16.0. The van der Waals surface area contributed by atoms with E-state index >= 15 is 0 Å². The molecule has 1 heterocycles. The first-order valence-corrected chi connectivity index (χ1v) is 6.32. The molecule has 19 heavy (non-hydrogen) atoms. The lowest BCUT2D eigenvalue weighted by atomic mass is 10.1. The lowest BCUT2D eigenvalue weighted by molar-refractivity contribution is 0.102. The second-order valence-corrected chi connectivity index (χ2v) is 4.93. The van der Waals surface area contributed by atoms with Gasteiger partial charge in [-0.2, -0.15) is 5.26 Å². The molecule has 5 heteroatoms. The van der Waals surface area contributed by atoms with Crippen molar-refractivity contribution in [3.8, 4) is 6.07 Å². The normalized spacial score (nSPS) is 9.74. The molecule has 0 unspecified atom stereocenters. The maximum absolute atomic E-state index is 12.0. The number of nitrogens with zero attached hydrogens (tertiary/aromatic N) is 2. The monoisotopic (exact) mass is 315 g/mol. The van der Waals surface area contributed by atoms with Crippen LogP contribution in [0.4, 0.5) is 5.82 Å². The van der Waals surface area contributed by atoms with Crippen LogP contribution in [0.5, 0.6) is 0 Å². The van der Waals surface area contributed by atoms with Gasteiger partial charge in [0.15, 0.2) is 0 Å². The summed E-state index contributed by atoms with van der Waals surface area (Å²) in [6, 6.07) is 10.6. The molecular weight excluding hydrogens is 306 g/mol. The highest BCUT2D eigenvalue weighted by molar-refractivity contribution is 9.10. The molecule has 0 atom stereocenters. The number of benzene rings is 1. The number of amides is 1. The van der Waals surface area contributed by atoms with E-state index in [0.29, 0.717) is 16.9 Å². The van der Waals surface area contributed by atoms with E-state index in [-0.39, 0.29) is 5.91 Å². The van der Waals surface area contributed by atoms with Crippen molar-refractivity contribution >= 4 is 27.7 Å². The number of rotatable bonds is 2. The summed E-state index contributed by atoms with van der Waals surface area (Å²) < 4.78 is 0.852. The summed E-state index contributed by atoms with van der Waals surface area (Å²) >= 11 is 3.35. The fourth-order valence-electron chi connectivity index (χ4n) is 1.59. The maximum atomic E-state index is 12.0. The number of carbonyl (C=O) groups excluding carboxylic acids is 1. The standard InChI is InChI=1S/C14H10BrN3O/c1-9-4-11(6-12(15)5-9)14(19)18-13-3-2-10(7-16)8-17-13/h2-6,8H,1H3,(H,17,18,19). The van der Waals surface area contributed by atoms with Gasteiger partial charge in [-0.15, -0.1) is 0 Å². The Bertz CT molecular complexity index is 639. The maximum Gasteiger partial charge on any atom is 0.256 e. The van der Waals surface area contributed by atoms with Crippen LogP contribution in [-0.4, -0.2) is 10.9 Å². The second kappa shape index (κ2) is 5.63. The van der Waals surface area contributed by atoms with Crippen LogP contribution in [-0.2, 0) is 0 Å². The second-order valence-electron chi connectivity index (χ2n) is 4.02. The van der Waals surface area contributed by atoms with Crippen LogP contribution in [0.15, 0.2) is 41.0 Å². The fraction of sp³-hybridized carbons (Fsp3) is 0.0714. The SMILES string of the molecule is Cc1cc(Br)cc(C(=O)Nc2ccc(C#N)cn2)c1. The number of hydrogen-bond donors (Lipinski definition) is 1. The predicted octanol–water partition coefficient (Wildman–Crippen LogP) is 3.28. The largest absolute Gasteiger partial charge is 0.307 e. The molecular formula is C14H10BrN3O. The van der Waals surface area contributed by atoms with Crippen molar-refractivity contribution in [2.75, 3.05) is 5.32 Å². The molecule has 0 bridgehead atoms. The van der Waals surface area contributed by atoms with Crippen molar-refractivity contribution in [3.63, 3.8) is 0 Å². The van der Waals surface area contributed by atoms with Crippen molar-refractivity contribution in [2.24, 2.45) is 0 Å². The zero-order valence-corrected chi connectivity index (χ0v) is 11.7.